The average Bonchev–Trinajstić information content (AvgIpc) is 2.22. The zero-order valence-electron chi connectivity index (χ0n) is 10.5. The molecular formula is C13H19ClN2S. The second-order valence-corrected chi connectivity index (χ2v) is 5.47. The number of rotatable bonds is 5. The lowest BCUT2D eigenvalue weighted by atomic mass is 10.1. The molecule has 0 aliphatic heterocycles. The molecule has 1 unspecified atom stereocenters. The van der Waals surface area contributed by atoms with Gasteiger partial charge in [-0.25, -0.2) is 0 Å². The number of nitrogens with zero attached hydrogens (tertiary/aromatic N) is 1. The van der Waals surface area contributed by atoms with E-state index in [1.54, 1.807) is 0 Å². The van der Waals surface area contributed by atoms with Crippen LogP contribution in [0.15, 0.2) is 18.2 Å². The Hall–Kier alpha value is -0.640. The maximum Gasteiger partial charge on any atom is 0.0768 e. The van der Waals surface area contributed by atoms with Crippen LogP contribution in [0.3, 0.4) is 0 Å². The van der Waals surface area contributed by atoms with Gasteiger partial charge < -0.3 is 10.6 Å². The van der Waals surface area contributed by atoms with Crippen molar-refractivity contribution in [1.29, 1.82) is 0 Å². The van der Waals surface area contributed by atoms with Crippen molar-refractivity contribution in [3.8, 4) is 0 Å². The predicted molar refractivity (Wildman–Crippen MR) is 78.5 cm³/mol. The third-order valence-corrected chi connectivity index (χ3v) is 3.47. The molecule has 0 saturated carbocycles. The Balaban J connectivity index is 2.62. The molecule has 4 heteroatoms. The molecule has 2 N–H and O–H groups in total. The quantitative estimate of drug-likeness (QED) is 0.834. The first-order chi connectivity index (χ1) is 7.90. The summed E-state index contributed by atoms with van der Waals surface area (Å²) in [6, 6.07) is 6.13. The Morgan fingerprint density at radius 3 is 2.71 bits per heavy atom. The van der Waals surface area contributed by atoms with Crippen LogP contribution in [0.2, 0.25) is 5.02 Å². The highest BCUT2D eigenvalue weighted by Gasteiger charge is 2.10. The highest BCUT2D eigenvalue weighted by molar-refractivity contribution is 7.80. The van der Waals surface area contributed by atoms with Crippen molar-refractivity contribution in [2.45, 2.75) is 20.4 Å². The molecule has 1 aromatic carbocycles. The van der Waals surface area contributed by atoms with E-state index in [1.165, 1.54) is 5.56 Å². The van der Waals surface area contributed by atoms with Gasteiger partial charge in [-0.2, -0.15) is 0 Å². The van der Waals surface area contributed by atoms with Crippen molar-refractivity contribution in [2.24, 2.45) is 11.7 Å². The number of benzene rings is 1. The van der Waals surface area contributed by atoms with E-state index in [9.17, 15) is 0 Å². The van der Waals surface area contributed by atoms with Crippen LogP contribution in [-0.2, 0) is 6.54 Å². The Bertz CT molecular complexity index is 406. The van der Waals surface area contributed by atoms with E-state index >= 15 is 0 Å². The highest BCUT2D eigenvalue weighted by Crippen LogP contribution is 2.19. The van der Waals surface area contributed by atoms with Crippen molar-refractivity contribution in [1.82, 2.24) is 4.90 Å². The Kier molecular flexibility index (Phi) is 5.37. The molecule has 1 atom stereocenters. The summed E-state index contributed by atoms with van der Waals surface area (Å²) in [5, 5.41) is 0.819. The molecule has 1 rings (SSSR count). The first kappa shape index (κ1) is 14.4. The number of hydrogen-bond donors (Lipinski definition) is 1. The molecular weight excluding hydrogens is 252 g/mol. The zero-order valence-corrected chi connectivity index (χ0v) is 12.1. The summed E-state index contributed by atoms with van der Waals surface area (Å²) in [7, 11) is 2.05. The number of nitrogens with two attached hydrogens (primary N) is 1. The number of aryl methyl sites for hydroxylation is 1. The van der Waals surface area contributed by atoms with Gasteiger partial charge in [0.2, 0.25) is 0 Å². The summed E-state index contributed by atoms with van der Waals surface area (Å²) in [4.78, 5) is 2.74. The molecule has 0 saturated heterocycles. The Morgan fingerprint density at radius 2 is 2.18 bits per heavy atom. The molecule has 0 bridgehead atoms. The summed E-state index contributed by atoms with van der Waals surface area (Å²) in [5.41, 5.74) is 7.92. The fourth-order valence-corrected chi connectivity index (χ4v) is 2.06. The largest absolute Gasteiger partial charge is 0.393 e. The molecule has 0 aliphatic rings. The lowest BCUT2D eigenvalue weighted by Gasteiger charge is -2.21. The third-order valence-electron chi connectivity index (χ3n) is 2.72. The molecule has 0 aliphatic carbocycles. The van der Waals surface area contributed by atoms with E-state index in [2.05, 4.69) is 17.0 Å². The lowest BCUT2D eigenvalue weighted by Crippen LogP contribution is -2.31. The Labute approximate surface area is 114 Å². The number of hydrogen-bond acceptors (Lipinski definition) is 2. The smallest absolute Gasteiger partial charge is 0.0768 e. The normalized spacial score (nSPS) is 12.8. The minimum atomic E-state index is 0.222. The molecule has 94 valence electrons. The van der Waals surface area contributed by atoms with E-state index in [4.69, 9.17) is 29.6 Å². The molecule has 0 radical (unpaired) electrons. The molecule has 0 fully saturated rings. The van der Waals surface area contributed by atoms with E-state index in [1.807, 2.05) is 27.0 Å². The minimum absolute atomic E-state index is 0.222. The van der Waals surface area contributed by atoms with Crippen molar-refractivity contribution in [3.63, 3.8) is 0 Å². The van der Waals surface area contributed by atoms with Crippen LogP contribution in [-0.4, -0.2) is 23.5 Å². The Morgan fingerprint density at radius 1 is 1.53 bits per heavy atom. The highest BCUT2D eigenvalue weighted by atomic mass is 35.5. The van der Waals surface area contributed by atoms with Crippen LogP contribution in [0.1, 0.15) is 18.1 Å². The fourth-order valence-electron chi connectivity index (χ4n) is 1.69. The number of thiocarbonyl (C=S) groups is 1. The van der Waals surface area contributed by atoms with E-state index in [0.29, 0.717) is 4.99 Å². The summed E-state index contributed by atoms with van der Waals surface area (Å²) in [6.07, 6.45) is 0. The van der Waals surface area contributed by atoms with Gasteiger partial charge in [-0.15, -0.1) is 0 Å². The predicted octanol–water partition coefficient (Wildman–Crippen LogP) is 3.00. The van der Waals surface area contributed by atoms with Gasteiger partial charge in [-0.1, -0.05) is 42.9 Å². The van der Waals surface area contributed by atoms with Crippen molar-refractivity contribution < 1.29 is 0 Å². The number of halogens is 1. The lowest BCUT2D eigenvalue weighted by molar-refractivity contribution is 0.308. The first-order valence-corrected chi connectivity index (χ1v) is 6.41. The van der Waals surface area contributed by atoms with Gasteiger partial charge in [-0.05, 0) is 31.2 Å². The van der Waals surface area contributed by atoms with Crippen LogP contribution in [0.25, 0.3) is 0 Å². The average molecular weight is 271 g/mol. The molecule has 17 heavy (non-hydrogen) atoms. The zero-order chi connectivity index (χ0) is 13.0. The molecule has 0 aromatic heterocycles. The van der Waals surface area contributed by atoms with E-state index in [-0.39, 0.29) is 5.92 Å². The fraction of sp³-hybridized carbons (Fsp3) is 0.462. The maximum atomic E-state index is 6.20. The second kappa shape index (κ2) is 6.34. The van der Waals surface area contributed by atoms with Gasteiger partial charge in [0.05, 0.1) is 4.99 Å². The minimum Gasteiger partial charge on any atom is -0.393 e. The summed E-state index contributed by atoms with van der Waals surface area (Å²) in [6.45, 7) is 5.73. The summed E-state index contributed by atoms with van der Waals surface area (Å²) < 4.78 is 0. The van der Waals surface area contributed by atoms with Gasteiger partial charge in [0.1, 0.15) is 0 Å². The van der Waals surface area contributed by atoms with E-state index in [0.717, 1.165) is 23.7 Å². The van der Waals surface area contributed by atoms with Crippen LogP contribution in [0, 0.1) is 12.8 Å². The summed E-state index contributed by atoms with van der Waals surface area (Å²) in [5.74, 6) is 0.222. The third kappa shape index (κ3) is 4.62. The van der Waals surface area contributed by atoms with Crippen LogP contribution in [0.4, 0.5) is 0 Å². The van der Waals surface area contributed by atoms with Gasteiger partial charge in [0.25, 0.3) is 0 Å². The second-order valence-electron chi connectivity index (χ2n) is 4.60. The van der Waals surface area contributed by atoms with Crippen LogP contribution < -0.4 is 5.73 Å². The SMILES string of the molecule is Cc1ccc(CN(C)CC(C)C(N)=S)c(Cl)c1. The molecule has 0 amide bonds. The molecule has 2 nitrogen and oxygen atoms in total. The van der Waals surface area contributed by atoms with Gasteiger partial charge in [0.15, 0.2) is 0 Å². The molecule has 0 heterocycles. The van der Waals surface area contributed by atoms with Gasteiger partial charge >= 0.3 is 0 Å². The topological polar surface area (TPSA) is 29.3 Å². The van der Waals surface area contributed by atoms with Gasteiger partial charge in [-0.3, -0.25) is 0 Å². The van der Waals surface area contributed by atoms with Crippen molar-refractivity contribution in [3.05, 3.63) is 34.3 Å². The van der Waals surface area contributed by atoms with Crippen LogP contribution >= 0.6 is 23.8 Å². The standard InChI is InChI=1S/C13H19ClN2S/c1-9-4-5-11(12(14)6-9)8-16(3)7-10(2)13(15)17/h4-6,10H,7-8H2,1-3H3,(H2,15,17). The van der Waals surface area contributed by atoms with Crippen molar-refractivity contribution >= 4 is 28.8 Å². The van der Waals surface area contributed by atoms with Crippen molar-refractivity contribution in [2.75, 3.05) is 13.6 Å². The summed E-state index contributed by atoms with van der Waals surface area (Å²) >= 11 is 11.2. The molecule has 1 aromatic rings. The monoisotopic (exact) mass is 270 g/mol. The maximum absolute atomic E-state index is 6.20. The van der Waals surface area contributed by atoms with Gasteiger partial charge in [0, 0.05) is 24.0 Å². The van der Waals surface area contributed by atoms with E-state index < -0.39 is 0 Å². The van der Waals surface area contributed by atoms with Crippen LogP contribution in [0.5, 0.6) is 0 Å². The first-order valence-electron chi connectivity index (χ1n) is 5.63. The molecule has 0 spiro atoms.